The van der Waals surface area contributed by atoms with Crippen LogP contribution in [0.3, 0.4) is 0 Å². The highest BCUT2D eigenvalue weighted by atomic mass is 14.7. The normalized spacial score (nSPS) is 10.8. The maximum absolute atomic E-state index is 4.76. The Labute approximate surface area is 211 Å². The van der Waals surface area contributed by atoms with E-state index in [1.807, 2.05) is 24.5 Å². The zero-order valence-corrected chi connectivity index (χ0v) is 19.8. The summed E-state index contributed by atoms with van der Waals surface area (Å²) in [5.41, 5.74) is 11.0. The lowest BCUT2D eigenvalue weighted by Gasteiger charge is -2.08. The Bertz CT molecular complexity index is 1460. The molecule has 2 nitrogen and oxygen atoms in total. The van der Waals surface area contributed by atoms with Gasteiger partial charge in [-0.15, -0.1) is 0 Å². The molecule has 6 rings (SSSR count). The van der Waals surface area contributed by atoms with Gasteiger partial charge in [0.25, 0.3) is 0 Å². The van der Waals surface area contributed by atoms with E-state index in [-0.39, 0.29) is 0 Å². The third kappa shape index (κ3) is 4.57. The van der Waals surface area contributed by atoms with Gasteiger partial charge in [0.05, 0.1) is 11.4 Å². The predicted octanol–water partition coefficient (Wildman–Crippen LogP) is 8.81. The highest BCUT2D eigenvalue weighted by Crippen LogP contribution is 2.29. The molecule has 0 N–H and O–H groups in total. The predicted molar refractivity (Wildman–Crippen MR) is 149 cm³/mol. The van der Waals surface area contributed by atoms with Crippen LogP contribution in [0.4, 0.5) is 0 Å². The molecule has 0 amide bonds. The lowest BCUT2D eigenvalue weighted by atomic mass is 10.0. The van der Waals surface area contributed by atoms with E-state index in [1.54, 1.807) is 0 Å². The molecule has 0 bridgehead atoms. The van der Waals surface area contributed by atoms with Gasteiger partial charge in [0.1, 0.15) is 0 Å². The van der Waals surface area contributed by atoms with Gasteiger partial charge >= 0.3 is 0 Å². The van der Waals surface area contributed by atoms with Gasteiger partial charge in [0, 0.05) is 34.6 Å². The molecule has 2 aromatic heterocycles. The molecule has 0 spiro atoms. The van der Waals surface area contributed by atoms with E-state index in [0.717, 1.165) is 33.6 Å². The number of benzene rings is 4. The summed E-state index contributed by atoms with van der Waals surface area (Å²) in [6.45, 7) is 0. The van der Waals surface area contributed by atoms with Crippen LogP contribution in [0.25, 0.3) is 55.9 Å². The molecule has 0 aliphatic carbocycles. The van der Waals surface area contributed by atoms with Gasteiger partial charge in [-0.25, -0.2) is 0 Å². The summed E-state index contributed by atoms with van der Waals surface area (Å²) in [6.07, 6.45) is 3.86. The van der Waals surface area contributed by atoms with E-state index in [4.69, 9.17) is 9.97 Å². The first kappa shape index (κ1) is 21.7. The van der Waals surface area contributed by atoms with Crippen molar-refractivity contribution < 1.29 is 0 Å². The number of aromatic nitrogens is 2. The third-order valence-corrected chi connectivity index (χ3v) is 6.39. The number of hydrogen-bond acceptors (Lipinski definition) is 2. The van der Waals surface area contributed by atoms with Gasteiger partial charge in [0.2, 0.25) is 0 Å². The molecule has 0 aliphatic rings. The van der Waals surface area contributed by atoms with Crippen molar-refractivity contribution in [2.24, 2.45) is 0 Å². The van der Waals surface area contributed by atoms with Crippen molar-refractivity contribution in [1.29, 1.82) is 0 Å². The second-order valence-corrected chi connectivity index (χ2v) is 8.76. The third-order valence-electron chi connectivity index (χ3n) is 6.39. The van der Waals surface area contributed by atoms with E-state index < -0.39 is 0 Å². The van der Waals surface area contributed by atoms with Crippen molar-refractivity contribution >= 4 is 0 Å². The Morgan fingerprint density at radius 3 is 1.06 bits per heavy atom. The van der Waals surface area contributed by atoms with E-state index in [0.29, 0.717) is 0 Å². The average Bonchev–Trinajstić information content (AvgIpc) is 2.98. The molecule has 0 unspecified atom stereocenters. The minimum Gasteiger partial charge on any atom is -0.256 e. The zero-order valence-electron chi connectivity index (χ0n) is 19.8. The number of pyridine rings is 2. The summed E-state index contributed by atoms with van der Waals surface area (Å²) >= 11 is 0. The molecule has 170 valence electrons. The van der Waals surface area contributed by atoms with Gasteiger partial charge in [-0.1, -0.05) is 109 Å². The van der Waals surface area contributed by atoms with Crippen LogP contribution >= 0.6 is 0 Å². The Morgan fingerprint density at radius 2 is 0.667 bits per heavy atom. The number of hydrogen-bond donors (Lipinski definition) is 0. The van der Waals surface area contributed by atoms with Gasteiger partial charge in [-0.05, 0) is 46.5 Å². The lowest BCUT2D eigenvalue weighted by Crippen LogP contribution is -1.88. The monoisotopic (exact) mass is 460 g/mol. The fourth-order valence-corrected chi connectivity index (χ4v) is 4.45. The maximum Gasteiger partial charge on any atom is 0.0702 e. The van der Waals surface area contributed by atoms with Crippen LogP contribution in [-0.2, 0) is 0 Å². The van der Waals surface area contributed by atoms with Crippen LogP contribution < -0.4 is 0 Å². The standard InChI is InChI=1S/C34H24N2/c1-3-9-25(10-4-1)27-13-7-15-29(21-27)33-19-17-31(23-35-33)32-18-20-34(36-24-32)30-16-8-14-28(22-30)26-11-5-2-6-12-26/h1-24H. The van der Waals surface area contributed by atoms with Crippen molar-refractivity contribution in [3.05, 3.63) is 146 Å². The smallest absolute Gasteiger partial charge is 0.0702 e. The molecule has 0 saturated heterocycles. The molecule has 2 heterocycles. The number of nitrogens with zero attached hydrogens (tertiary/aromatic N) is 2. The highest BCUT2D eigenvalue weighted by molar-refractivity contribution is 5.74. The van der Waals surface area contributed by atoms with Gasteiger partial charge in [0.15, 0.2) is 0 Å². The summed E-state index contributed by atoms with van der Waals surface area (Å²) < 4.78 is 0. The van der Waals surface area contributed by atoms with E-state index in [1.165, 1.54) is 22.3 Å². The molecular weight excluding hydrogens is 436 g/mol. The Morgan fingerprint density at radius 1 is 0.278 bits per heavy atom. The Kier molecular flexibility index (Phi) is 5.91. The summed E-state index contributed by atoms with van der Waals surface area (Å²) in [6, 6.07) is 46.3. The topological polar surface area (TPSA) is 25.8 Å². The maximum atomic E-state index is 4.76. The minimum atomic E-state index is 0.957. The first-order valence-electron chi connectivity index (χ1n) is 12.1. The Hall–Kier alpha value is -4.82. The van der Waals surface area contributed by atoms with Crippen molar-refractivity contribution in [1.82, 2.24) is 9.97 Å². The molecule has 0 atom stereocenters. The van der Waals surface area contributed by atoms with Crippen molar-refractivity contribution in [2.45, 2.75) is 0 Å². The second kappa shape index (κ2) is 9.81. The minimum absolute atomic E-state index is 0.957. The highest BCUT2D eigenvalue weighted by Gasteiger charge is 2.07. The van der Waals surface area contributed by atoms with E-state index >= 15 is 0 Å². The molecule has 0 saturated carbocycles. The van der Waals surface area contributed by atoms with Gasteiger partial charge < -0.3 is 0 Å². The largest absolute Gasteiger partial charge is 0.256 e. The molecule has 4 aromatic carbocycles. The average molecular weight is 461 g/mol. The summed E-state index contributed by atoms with van der Waals surface area (Å²) in [5, 5.41) is 0. The van der Waals surface area contributed by atoms with Crippen LogP contribution in [0.15, 0.2) is 146 Å². The van der Waals surface area contributed by atoms with Crippen molar-refractivity contribution in [3.63, 3.8) is 0 Å². The van der Waals surface area contributed by atoms with Gasteiger partial charge in [-0.2, -0.15) is 0 Å². The first-order valence-corrected chi connectivity index (χ1v) is 12.1. The van der Waals surface area contributed by atoms with Crippen LogP contribution in [-0.4, -0.2) is 9.97 Å². The quantitative estimate of drug-likeness (QED) is 0.257. The zero-order chi connectivity index (χ0) is 24.2. The van der Waals surface area contributed by atoms with Crippen molar-refractivity contribution in [3.8, 4) is 55.9 Å². The number of rotatable bonds is 5. The fraction of sp³-hybridized carbons (Fsp3) is 0. The van der Waals surface area contributed by atoms with Crippen LogP contribution in [0.2, 0.25) is 0 Å². The molecular formula is C34H24N2. The van der Waals surface area contributed by atoms with Crippen LogP contribution in [0, 0.1) is 0 Å². The molecule has 6 aromatic rings. The molecule has 0 aliphatic heterocycles. The van der Waals surface area contributed by atoms with E-state index in [9.17, 15) is 0 Å². The SMILES string of the molecule is c1ccc(-c2cccc(-c3ccc(-c4ccc(-c5cccc(-c6ccccc6)c5)nc4)cn3)c2)cc1. The Balaban J connectivity index is 1.23. The molecule has 2 heteroatoms. The molecule has 0 radical (unpaired) electrons. The van der Waals surface area contributed by atoms with Crippen LogP contribution in [0.5, 0.6) is 0 Å². The molecule has 36 heavy (non-hydrogen) atoms. The second-order valence-electron chi connectivity index (χ2n) is 8.76. The fourth-order valence-electron chi connectivity index (χ4n) is 4.45. The van der Waals surface area contributed by atoms with Crippen molar-refractivity contribution in [2.75, 3.05) is 0 Å². The van der Waals surface area contributed by atoms with E-state index in [2.05, 4.69) is 121 Å². The summed E-state index contributed by atoms with van der Waals surface area (Å²) in [5.74, 6) is 0. The van der Waals surface area contributed by atoms with Gasteiger partial charge in [-0.3, -0.25) is 9.97 Å². The van der Waals surface area contributed by atoms with Crippen LogP contribution in [0.1, 0.15) is 0 Å². The first-order chi connectivity index (χ1) is 17.8. The summed E-state index contributed by atoms with van der Waals surface area (Å²) in [7, 11) is 0. The summed E-state index contributed by atoms with van der Waals surface area (Å²) in [4.78, 5) is 9.52. The molecule has 0 fully saturated rings. The lowest BCUT2D eigenvalue weighted by molar-refractivity contribution is 1.30.